The first-order chi connectivity index (χ1) is 8.22. The number of benzene rings is 1. The average molecular weight is 315 g/mol. The molecule has 1 saturated heterocycles. The first-order valence-electron chi connectivity index (χ1n) is 5.96. The molecular formula is C13H19BrN2S. The fraction of sp³-hybridized carbons (Fsp3) is 0.538. The highest BCUT2D eigenvalue weighted by atomic mass is 79.9. The molecular weight excluding hydrogens is 296 g/mol. The monoisotopic (exact) mass is 314 g/mol. The van der Waals surface area contributed by atoms with Crippen molar-refractivity contribution in [1.29, 1.82) is 0 Å². The Morgan fingerprint density at radius 3 is 2.94 bits per heavy atom. The van der Waals surface area contributed by atoms with Crippen molar-refractivity contribution in [3.05, 3.63) is 28.2 Å². The van der Waals surface area contributed by atoms with Gasteiger partial charge in [0.25, 0.3) is 0 Å². The van der Waals surface area contributed by atoms with E-state index in [1.54, 1.807) is 0 Å². The zero-order valence-electron chi connectivity index (χ0n) is 10.4. The lowest BCUT2D eigenvalue weighted by Crippen LogP contribution is -2.31. The smallest absolute Gasteiger partial charge is 0.0385 e. The summed E-state index contributed by atoms with van der Waals surface area (Å²) in [6.45, 7) is 0.907. The van der Waals surface area contributed by atoms with Gasteiger partial charge in [0, 0.05) is 35.5 Å². The van der Waals surface area contributed by atoms with Crippen LogP contribution in [0.2, 0.25) is 0 Å². The van der Waals surface area contributed by atoms with E-state index in [-0.39, 0.29) is 0 Å². The summed E-state index contributed by atoms with van der Waals surface area (Å²) in [5.41, 5.74) is 2.62. The lowest BCUT2D eigenvalue weighted by Gasteiger charge is -2.26. The molecule has 0 spiro atoms. The lowest BCUT2D eigenvalue weighted by atomic mass is 10.1. The highest BCUT2D eigenvalue weighted by Gasteiger charge is 2.20. The van der Waals surface area contributed by atoms with Crippen molar-refractivity contribution in [2.75, 3.05) is 30.5 Å². The molecule has 0 bridgehead atoms. The van der Waals surface area contributed by atoms with Gasteiger partial charge in [-0.1, -0.05) is 22.0 Å². The molecule has 1 aromatic rings. The third-order valence-electron chi connectivity index (χ3n) is 3.26. The molecule has 1 unspecified atom stereocenters. The van der Waals surface area contributed by atoms with Gasteiger partial charge in [-0.2, -0.15) is 11.8 Å². The van der Waals surface area contributed by atoms with Crippen molar-refractivity contribution in [3.8, 4) is 0 Å². The van der Waals surface area contributed by atoms with Crippen LogP contribution >= 0.6 is 27.7 Å². The number of nitrogens with one attached hydrogen (secondary N) is 1. The summed E-state index contributed by atoms with van der Waals surface area (Å²) in [4.78, 5) is 2.41. The molecule has 0 aromatic heterocycles. The maximum absolute atomic E-state index is 3.65. The minimum absolute atomic E-state index is 0.696. The molecule has 1 aliphatic rings. The number of nitrogens with zero attached hydrogens (tertiary/aromatic N) is 1. The van der Waals surface area contributed by atoms with Crippen molar-refractivity contribution in [3.63, 3.8) is 0 Å². The van der Waals surface area contributed by atoms with Crippen LogP contribution in [0.4, 0.5) is 5.69 Å². The van der Waals surface area contributed by atoms with E-state index in [0.29, 0.717) is 6.04 Å². The van der Waals surface area contributed by atoms with Crippen molar-refractivity contribution in [1.82, 2.24) is 5.32 Å². The Balaban J connectivity index is 2.12. The Morgan fingerprint density at radius 1 is 1.53 bits per heavy atom. The topological polar surface area (TPSA) is 15.3 Å². The van der Waals surface area contributed by atoms with E-state index in [1.165, 1.54) is 33.7 Å². The predicted octanol–water partition coefficient (Wildman–Crippen LogP) is 3.11. The molecule has 1 heterocycles. The summed E-state index contributed by atoms with van der Waals surface area (Å²) >= 11 is 5.71. The molecule has 1 fully saturated rings. The molecule has 0 saturated carbocycles. The van der Waals surface area contributed by atoms with Crippen LogP contribution in [0, 0.1) is 0 Å². The number of hydrogen-bond acceptors (Lipinski definition) is 3. The van der Waals surface area contributed by atoms with E-state index in [1.807, 2.05) is 7.05 Å². The van der Waals surface area contributed by atoms with E-state index in [4.69, 9.17) is 0 Å². The van der Waals surface area contributed by atoms with Gasteiger partial charge in [-0.15, -0.1) is 0 Å². The normalized spacial score (nSPS) is 19.6. The largest absolute Gasteiger partial charge is 0.371 e. The molecule has 0 aliphatic carbocycles. The fourth-order valence-electron chi connectivity index (χ4n) is 2.13. The fourth-order valence-corrected chi connectivity index (χ4v) is 3.90. The average Bonchev–Trinajstić information content (AvgIpc) is 2.84. The summed E-state index contributed by atoms with van der Waals surface area (Å²) in [5.74, 6) is 2.56. The number of anilines is 1. The number of halogens is 1. The molecule has 94 valence electrons. The van der Waals surface area contributed by atoms with Gasteiger partial charge >= 0.3 is 0 Å². The van der Waals surface area contributed by atoms with Crippen LogP contribution in [0.5, 0.6) is 0 Å². The molecule has 1 aliphatic heterocycles. The van der Waals surface area contributed by atoms with Crippen molar-refractivity contribution in [2.24, 2.45) is 0 Å². The maximum Gasteiger partial charge on any atom is 0.0385 e. The van der Waals surface area contributed by atoms with Gasteiger partial charge < -0.3 is 10.2 Å². The van der Waals surface area contributed by atoms with Crippen LogP contribution in [-0.2, 0) is 6.54 Å². The van der Waals surface area contributed by atoms with Gasteiger partial charge in [0.1, 0.15) is 0 Å². The van der Waals surface area contributed by atoms with Gasteiger partial charge in [0.15, 0.2) is 0 Å². The van der Waals surface area contributed by atoms with E-state index in [2.05, 4.69) is 63.2 Å². The van der Waals surface area contributed by atoms with Gasteiger partial charge in [-0.25, -0.2) is 0 Å². The first kappa shape index (κ1) is 13.2. The molecule has 2 nitrogen and oxygen atoms in total. The predicted molar refractivity (Wildman–Crippen MR) is 81.0 cm³/mol. The zero-order chi connectivity index (χ0) is 12.3. The van der Waals surface area contributed by atoms with Crippen molar-refractivity contribution in [2.45, 2.75) is 19.0 Å². The summed E-state index contributed by atoms with van der Waals surface area (Å²) in [6.07, 6.45) is 1.30. The molecule has 2 rings (SSSR count). The molecule has 4 heteroatoms. The molecule has 1 N–H and O–H groups in total. The summed E-state index contributed by atoms with van der Waals surface area (Å²) < 4.78 is 1.20. The third kappa shape index (κ3) is 3.18. The molecule has 0 radical (unpaired) electrons. The number of hydrogen-bond donors (Lipinski definition) is 1. The van der Waals surface area contributed by atoms with E-state index in [0.717, 1.165) is 6.54 Å². The Morgan fingerprint density at radius 2 is 2.35 bits per heavy atom. The zero-order valence-corrected chi connectivity index (χ0v) is 12.8. The van der Waals surface area contributed by atoms with Gasteiger partial charge in [-0.05, 0) is 36.9 Å². The van der Waals surface area contributed by atoms with E-state index >= 15 is 0 Å². The molecule has 1 atom stereocenters. The molecule has 17 heavy (non-hydrogen) atoms. The Labute approximate surface area is 116 Å². The Kier molecular flexibility index (Phi) is 4.77. The van der Waals surface area contributed by atoms with Crippen LogP contribution in [0.15, 0.2) is 22.7 Å². The van der Waals surface area contributed by atoms with Gasteiger partial charge in [0.2, 0.25) is 0 Å². The lowest BCUT2D eigenvalue weighted by molar-refractivity contribution is 0.699. The number of thioether (sulfide) groups is 1. The molecule has 0 amide bonds. The maximum atomic E-state index is 3.65. The Bertz CT molecular complexity index is 378. The SMILES string of the molecule is CNCc1ccc(N(C)C2CCSC2)cc1Br. The highest BCUT2D eigenvalue weighted by Crippen LogP contribution is 2.29. The second kappa shape index (κ2) is 6.12. The van der Waals surface area contributed by atoms with Crippen LogP contribution < -0.4 is 10.2 Å². The second-order valence-corrected chi connectivity index (χ2v) is 6.44. The Hall–Kier alpha value is -0.190. The minimum Gasteiger partial charge on any atom is -0.371 e. The van der Waals surface area contributed by atoms with Crippen LogP contribution in [-0.4, -0.2) is 31.6 Å². The van der Waals surface area contributed by atoms with Gasteiger partial charge in [0.05, 0.1) is 0 Å². The van der Waals surface area contributed by atoms with E-state index in [9.17, 15) is 0 Å². The van der Waals surface area contributed by atoms with Crippen LogP contribution in [0.1, 0.15) is 12.0 Å². The van der Waals surface area contributed by atoms with Crippen LogP contribution in [0.25, 0.3) is 0 Å². The third-order valence-corrected chi connectivity index (χ3v) is 5.15. The van der Waals surface area contributed by atoms with E-state index < -0.39 is 0 Å². The second-order valence-electron chi connectivity index (χ2n) is 4.43. The van der Waals surface area contributed by atoms with Crippen molar-refractivity contribution < 1.29 is 0 Å². The standard InChI is InChI=1S/C13H19BrN2S/c1-15-8-10-3-4-11(7-13(10)14)16(2)12-5-6-17-9-12/h3-4,7,12,15H,5-6,8-9H2,1-2H3. The molecule has 1 aromatic carbocycles. The van der Waals surface area contributed by atoms with Crippen molar-refractivity contribution >= 4 is 33.4 Å². The van der Waals surface area contributed by atoms with Gasteiger partial charge in [-0.3, -0.25) is 0 Å². The number of rotatable bonds is 4. The summed E-state index contributed by atoms with van der Waals surface area (Å²) in [7, 11) is 4.18. The summed E-state index contributed by atoms with van der Waals surface area (Å²) in [5, 5.41) is 3.18. The highest BCUT2D eigenvalue weighted by molar-refractivity contribution is 9.10. The summed E-state index contributed by atoms with van der Waals surface area (Å²) in [6, 6.07) is 7.35. The minimum atomic E-state index is 0.696. The first-order valence-corrected chi connectivity index (χ1v) is 7.90. The quantitative estimate of drug-likeness (QED) is 0.919. The van der Waals surface area contributed by atoms with Crippen LogP contribution in [0.3, 0.4) is 0 Å².